The van der Waals surface area contributed by atoms with Crippen molar-refractivity contribution < 1.29 is 14.6 Å². The lowest BCUT2D eigenvalue weighted by molar-refractivity contribution is 0.187. The average Bonchev–Trinajstić information content (AvgIpc) is 2.82. The minimum Gasteiger partial charge on any atom is -0.453 e. The number of hydrogen-bond donors (Lipinski definition) is 3. The van der Waals surface area contributed by atoms with Gasteiger partial charge in [0.25, 0.3) is 0 Å². The highest BCUT2D eigenvalue weighted by Crippen LogP contribution is 2.39. The number of anilines is 5. The summed E-state index contributed by atoms with van der Waals surface area (Å²) in [5.41, 5.74) is 6.56. The summed E-state index contributed by atoms with van der Waals surface area (Å²) < 4.78 is 4.72. The minimum absolute atomic E-state index is 0.168. The Morgan fingerprint density at radius 3 is 1.97 bits per heavy atom. The number of nitrogens with zero attached hydrogens (tertiary/aromatic N) is 3. The molecule has 4 rings (SSSR count). The Morgan fingerprint density at radius 2 is 1.47 bits per heavy atom. The lowest BCUT2D eigenvalue weighted by atomic mass is 10.0. The maximum atomic E-state index is 11.8. The van der Waals surface area contributed by atoms with Crippen LogP contribution in [0.3, 0.4) is 0 Å². The molecule has 0 aliphatic carbocycles. The van der Waals surface area contributed by atoms with Gasteiger partial charge in [-0.05, 0) is 35.9 Å². The molecular weight excluding hydrogens is 430 g/mol. The van der Waals surface area contributed by atoms with E-state index in [1.54, 1.807) is 12.1 Å². The third-order valence-electron chi connectivity index (χ3n) is 5.63. The van der Waals surface area contributed by atoms with Crippen LogP contribution in [0.25, 0.3) is 21.8 Å². The van der Waals surface area contributed by atoms with E-state index < -0.39 is 6.09 Å². The van der Waals surface area contributed by atoms with Crippen LogP contribution in [0.15, 0.2) is 54.6 Å². The minimum atomic E-state index is -0.577. The van der Waals surface area contributed by atoms with E-state index >= 15 is 0 Å². The zero-order valence-electron chi connectivity index (χ0n) is 20.0. The number of pyridine rings is 1. The van der Waals surface area contributed by atoms with Crippen LogP contribution in [0, 0.1) is 0 Å². The maximum absolute atomic E-state index is 11.8. The van der Waals surface area contributed by atoms with Crippen LogP contribution in [0.5, 0.6) is 0 Å². The molecule has 0 radical (unpaired) electrons. The van der Waals surface area contributed by atoms with Crippen LogP contribution in [0.1, 0.15) is 5.56 Å². The molecule has 0 atom stereocenters. The van der Waals surface area contributed by atoms with Gasteiger partial charge in [0.05, 0.1) is 41.8 Å². The number of aliphatic hydroxyl groups excluding tert-OH is 1. The van der Waals surface area contributed by atoms with Crippen molar-refractivity contribution in [3.8, 4) is 0 Å². The molecular formula is C26H29N5O3. The van der Waals surface area contributed by atoms with Gasteiger partial charge in [0.2, 0.25) is 0 Å². The predicted octanol–water partition coefficient (Wildman–Crippen LogP) is 4.93. The molecule has 0 spiro atoms. The fourth-order valence-electron chi connectivity index (χ4n) is 4.06. The third-order valence-corrected chi connectivity index (χ3v) is 5.63. The summed E-state index contributed by atoms with van der Waals surface area (Å²) in [5.74, 6) is 0. The number of para-hydroxylation sites is 2. The number of methoxy groups -OCH3 is 1. The summed E-state index contributed by atoms with van der Waals surface area (Å²) in [7, 11) is 9.31. The van der Waals surface area contributed by atoms with Crippen molar-refractivity contribution in [3.63, 3.8) is 0 Å². The Hall–Kier alpha value is -4.04. The highest BCUT2D eigenvalue weighted by atomic mass is 16.5. The summed E-state index contributed by atoms with van der Waals surface area (Å²) in [6.07, 6.45) is -0.577. The number of carbonyl (C=O) groups excluding carboxylic acids is 1. The van der Waals surface area contributed by atoms with Crippen molar-refractivity contribution in [2.75, 3.05) is 55.7 Å². The molecule has 4 aromatic rings. The molecule has 1 heterocycles. The van der Waals surface area contributed by atoms with Crippen molar-refractivity contribution in [1.82, 2.24) is 4.98 Å². The zero-order chi connectivity index (χ0) is 24.4. The molecule has 1 amide bonds. The molecule has 3 N–H and O–H groups in total. The summed E-state index contributed by atoms with van der Waals surface area (Å²) >= 11 is 0. The van der Waals surface area contributed by atoms with Gasteiger partial charge >= 0.3 is 6.09 Å². The number of rotatable bonds is 6. The molecule has 0 aliphatic heterocycles. The average molecular weight is 460 g/mol. The Balaban J connectivity index is 1.98. The Kier molecular flexibility index (Phi) is 6.43. The van der Waals surface area contributed by atoms with E-state index in [0.717, 1.165) is 44.6 Å². The maximum Gasteiger partial charge on any atom is 0.411 e. The van der Waals surface area contributed by atoms with Crippen molar-refractivity contribution >= 4 is 56.3 Å². The van der Waals surface area contributed by atoms with Gasteiger partial charge < -0.3 is 25.0 Å². The van der Waals surface area contributed by atoms with Crippen LogP contribution < -0.4 is 20.4 Å². The van der Waals surface area contributed by atoms with E-state index in [9.17, 15) is 9.90 Å². The molecule has 0 unspecified atom stereocenters. The molecule has 0 saturated heterocycles. The van der Waals surface area contributed by atoms with E-state index in [4.69, 9.17) is 9.72 Å². The first kappa shape index (κ1) is 23.1. The number of aliphatic hydroxyl groups is 1. The molecule has 176 valence electrons. The quantitative estimate of drug-likeness (QED) is 0.352. The molecule has 0 aliphatic rings. The lowest BCUT2D eigenvalue weighted by Crippen LogP contribution is -2.12. The molecule has 0 bridgehead atoms. The predicted molar refractivity (Wildman–Crippen MR) is 140 cm³/mol. The number of ether oxygens (including phenoxy) is 1. The number of amides is 1. The largest absolute Gasteiger partial charge is 0.453 e. The van der Waals surface area contributed by atoms with Gasteiger partial charge in [0, 0.05) is 50.3 Å². The van der Waals surface area contributed by atoms with Gasteiger partial charge in [0.1, 0.15) is 0 Å². The third kappa shape index (κ3) is 4.40. The first-order valence-electron chi connectivity index (χ1n) is 10.9. The van der Waals surface area contributed by atoms with Gasteiger partial charge in [0.15, 0.2) is 0 Å². The van der Waals surface area contributed by atoms with Gasteiger partial charge in [-0.1, -0.05) is 24.3 Å². The summed E-state index contributed by atoms with van der Waals surface area (Å²) in [6.45, 7) is -0.168. The van der Waals surface area contributed by atoms with Crippen LogP contribution in [0.4, 0.5) is 33.2 Å². The number of nitrogens with one attached hydrogen (secondary N) is 2. The van der Waals surface area contributed by atoms with Crippen molar-refractivity contribution in [2.24, 2.45) is 0 Å². The Morgan fingerprint density at radius 1 is 0.912 bits per heavy atom. The molecule has 1 aromatic heterocycles. The molecule has 0 fully saturated rings. The van der Waals surface area contributed by atoms with Gasteiger partial charge in [-0.25, -0.2) is 9.78 Å². The molecule has 34 heavy (non-hydrogen) atoms. The normalized spacial score (nSPS) is 10.9. The highest BCUT2D eigenvalue weighted by molar-refractivity contribution is 6.14. The molecule has 0 saturated carbocycles. The smallest absolute Gasteiger partial charge is 0.411 e. The summed E-state index contributed by atoms with van der Waals surface area (Å²) in [5, 5.41) is 17.9. The number of benzene rings is 3. The van der Waals surface area contributed by atoms with Gasteiger partial charge in [-0.3, -0.25) is 5.32 Å². The lowest BCUT2D eigenvalue weighted by Gasteiger charge is -2.21. The van der Waals surface area contributed by atoms with Crippen LogP contribution in [-0.2, 0) is 11.3 Å². The fourth-order valence-corrected chi connectivity index (χ4v) is 4.06. The number of hydrogen-bond acceptors (Lipinski definition) is 7. The molecule has 8 heteroatoms. The topological polar surface area (TPSA) is 90.0 Å². The molecule has 8 nitrogen and oxygen atoms in total. The summed E-state index contributed by atoms with van der Waals surface area (Å²) in [4.78, 5) is 21.0. The standard InChI is InChI=1S/C26H29N5O3/c1-30(2)21-10-6-8-19-23(20-9-7-11-22(31(3)4)25(20)29-24(19)21)27-17-12-16(15-32)13-18(14-17)28-26(33)34-5/h6-14,32H,15H2,1-5H3,(H,27,29)(H,28,33). The van der Waals surface area contributed by atoms with Gasteiger partial charge in [-0.15, -0.1) is 0 Å². The van der Waals surface area contributed by atoms with E-state index in [-0.39, 0.29) is 6.61 Å². The van der Waals surface area contributed by atoms with Crippen molar-refractivity contribution in [1.29, 1.82) is 0 Å². The van der Waals surface area contributed by atoms with Crippen LogP contribution in [-0.4, -0.2) is 51.5 Å². The van der Waals surface area contributed by atoms with Crippen molar-refractivity contribution in [3.05, 3.63) is 60.2 Å². The van der Waals surface area contributed by atoms with Crippen molar-refractivity contribution in [2.45, 2.75) is 6.61 Å². The highest BCUT2D eigenvalue weighted by Gasteiger charge is 2.16. The van der Waals surface area contributed by atoms with E-state index in [1.165, 1.54) is 7.11 Å². The number of carbonyl (C=O) groups is 1. The number of aromatic nitrogens is 1. The van der Waals surface area contributed by atoms with E-state index in [1.807, 2.05) is 80.5 Å². The monoisotopic (exact) mass is 459 g/mol. The summed E-state index contributed by atoms with van der Waals surface area (Å²) in [6, 6.07) is 17.6. The second-order valence-corrected chi connectivity index (χ2v) is 8.44. The first-order chi connectivity index (χ1) is 16.3. The second kappa shape index (κ2) is 9.44. The van der Waals surface area contributed by atoms with Crippen LogP contribution >= 0.6 is 0 Å². The van der Waals surface area contributed by atoms with Gasteiger partial charge in [-0.2, -0.15) is 0 Å². The van der Waals surface area contributed by atoms with E-state index in [0.29, 0.717) is 11.3 Å². The fraction of sp³-hybridized carbons (Fsp3) is 0.231. The first-order valence-corrected chi connectivity index (χ1v) is 10.9. The number of fused-ring (bicyclic) bond motifs is 2. The second-order valence-electron chi connectivity index (χ2n) is 8.44. The Labute approximate surface area is 198 Å². The van der Waals surface area contributed by atoms with Crippen LogP contribution in [0.2, 0.25) is 0 Å². The molecule has 3 aromatic carbocycles. The Bertz CT molecular complexity index is 1300. The SMILES string of the molecule is COC(=O)Nc1cc(CO)cc(Nc2c3cccc(N(C)C)c3nc3c(N(C)C)cccc23)c1. The van der Waals surface area contributed by atoms with E-state index in [2.05, 4.69) is 10.6 Å². The zero-order valence-corrected chi connectivity index (χ0v) is 20.0.